The Hall–Kier alpha value is -2.89. The summed E-state index contributed by atoms with van der Waals surface area (Å²) in [4.78, 5) is 26.5. The molecule has 112 valence electrons. The summed E-state index contributed by atoms with van der Waals surface area (Å²) >= 11 is 0. The smallest absolute Gasteiger partial charge is 0.224 e. The van der Waals surface area contributed by atoms with Crippen molar-refractivity contribution in [1.82, 2.24) is 4.98 Å². The van der Waals surface area contributed by atoms with Crippen LogP contribution in [0.25, 0.3) is 0 Å². The highest BCUT2D eigenvalue weighted by Crippen LogP contribution is 2.29. The lowest BCUT2D eigenvalue weighted by Crippen LogP contribution is -2.18. The fraction of sp³-hybridized carbons (Fsp3) is 0.188. The maximum absolute atomic E-state index is 11.4. The molecule has 0 spiro atoms. The van der Waals surface area contributed by atoms with E-state index in [2.05, 4.69) is 15.6 Å². The van der Waals surface area contributed by atoms with Gasteiger partial charge >= 0.3 is 0 Å². The van der Waals surface area contributed by atoms with Crippen LogP contribution in [0.5, 0.6) is 11.6 Å². The number of hydrogen-bond donors (Lipinski definition) is 2. The zero-order chi connectivity index (χ0) is 15.5. The van der Waals surface area contributed by atoms with Crippen LogP contribution in [0.2, 0.25) is 0 Å². The molecule has 0 unspecified atom stereocenters. The highest BCUT2D eigenvalue weighted by Gasteiger charge is 2.15. The minimum absolute atomic E-state index is 0.0161. The highest BCUT2D eigenvalue weighted by atomic mass is 16.5. The van der Waals surface area contributed by atoms with Gasteiger partial charge in [0.15, 0.2) is 0 Å². The van der Waals surface area contributed by atoms with Gasteiger partial charge in [0, 0.05) is 31.2 Å². The number of pyridine rings is 1. The Labute approximate surface area is 127 Å². The normalized spacial score (nSPS) is 13.0. The average Bonchev–Trinajstić information content (AvgIpc) is 2.48. The van der Waals surface area contributed by atoms with Crippen LogP contribution in [-0.4, -0.2) is 16.8 Å². The van der Waals surface area contributed by atoms with Crippen LogP contribution in [0, 0.1) is 0 Å². The summed E-state index contributed by atoms with van der Waals surface area (Å²) in [6, 6.07) is 8.96. The minimum Gasteiger partial charge on any atom is -0.439 e. The molecular formula is C16H15N3O3. The van der Waals surface area contributed by atoms with Gasteiger partial charge in [-0.3, -0.25) is 9.59 Å². The van der Waals surface area contributed by atoms with Crippen molar-refractivity contribution in [3.63, 3.8) is 0 Å². The van der Waals surface area contributed by atoms with Gasteiger partial charge in [-0.25, -0.2) is 4.98 Å². The minimum atomic E-state index is -0.152. The molecular weight excluding hydrogens is 282 g/mol. The Balaban J connectivity index is 1.74. The van der Waals surface area contributed by atoms with E-state index in [4.69, 9.17) is 4.74 Å². The lowest BCUT2D eigenvalue weighted by Gasteiger charge is -2.17. The van der Waals surface area contributed by atoms with Crippen molar-refractivity contribution in [1.29, 1.82) is 0 Å². The van der Waals surface area contributed by atoms with Gasteiger partial charge in [0.1, 0.15) is 5.75 Å². The highest BCUT2D eigenvalue weighted by molar-refractivity contribution is 5.94. The summed E-state index contributed by atoms with van der Waals surface area (Å²) in [7, 11) is 0. The first-order chi connectivity index (χ1) is 10.6. The Morgan fingerprint density at radius 2 is 2.14 bits per heavy atom. The molecule has 2 heterocycles. The fourth-order valence-electron chi connectivity index (χ4n) is 2.25. The third kappa shape index (κ3) is 3.22. The standard InChI is InChI=1S/C16H15N3O3/c1-10(20)18-12-4-7-16(17-9-12)22-13-5-2-11-3-6-15(21)19-14(11)8-13/h2,4-5,7-9H,3,6H2,1H3,(H,18,20)(H,19,21). The molecule has 0 aliphatic carbocycles. The molecule has 3 rings (SSSR count). The first-order valence-electron chi connectivity index (χ1n) is 6.94. The molecule has 6 heteroatoms. The van der Waals surface area contributed by atoms with Crippen LogP contribution in [0.1, 0.15) is 18.9 Å². The predicted molar refractivity (Wildman–Crippen MR) is 82.0 cm³/mol. The topological polar surface area (TPSA) is 80.3 Å². The van der Waals surface area contributed by atoms with Crippen LogP contribution in [0.4, 0.5) is 11.4 Å². The van der Waals surface area contributed by atoms with Gasteiger partial charge in [-0.1, -0.05) is 6.07 Å². The third-order valence-corrected chi connectivity index (χ3v) is 3.26. The Kier molecular flexibility index (Phi) is 3.74. The Morgan fingerprint density at radius 1 is 1.27 bits per heavy atom. The van der Waals surface area contributed by atoms with E-state index in [1.54, 1.807) is 18.2 Å². The lowest BCUT2D eigenvalue weighted by atomic mass is 10.0. The van der Waals surface area contributed by atoms with Gasteiger partial charge in [0.25, 0.3) is 0 Å². The molecule has 2 aromatic rings. The summed E-state index contributed by atoms with van der Waals surface area (Å²) in [6.07, 6.45) is 2.78. The average molecular weight is 297 g/mol. The van der Waals surface area contributed by atoms with E-state index in [0.717, 1.165) is 17.7 Å². The number of carbonyl (C=O) groups excluding carboxylic acids is 2. The third-order valence-electron chi connectivity index (χ3n) is 3.26. The molecule has 0 saturated carbocycles. The quantitative estimate of drug-likeness (QED) is 0.912. The number of fused-ring (bicyclic) bond motifs is 1. The van der Waals surface area contributed by atoms with Gasteiger partial charge in [0.2, 0.25) is 17.7 Å². The molecule has 0 fully saturated rings. The number of aromatic nitrogens is 1. The predicted octanol–water partition coefficient (Wildman–Crippen LogP) is 2.72. The zero-order valence-corrected chi connectivity index (χ0v) is 12.1. The molecule has 0 atom stereocenters. The van der Waals surface area contributed by atoms with Gasteiger partial charge < -0.3 is 15.4 Å². The van der Waals surface area contributed by atoms with Crippen molar-refractivity contribution in [2.45, 2.75) is 19.8 Å². The first-order valence-corrected chi connectivity index (χ1v) is 6.94. The second-order valence-electron chi connectivity index (χ2n) is 5.04. The number of carbonyl (C=O) groups is 2. The number of nitrogens with zero attached hydrogens (tertiary/aromatic N) is 1. The van der Waals surface area contributed by atoms with Crippen LogP contribution in [-0.2, 0) is 16.0 Å². The molecule has 1 aliphatic heterocycles. The lowest BCUT2D eigenvalue weighted by molar-refractivity contribution is -0.116. The molecule has 0 bridgehead atoms. The second-order valence-corrected chi connectivity index (χ2v) is 5.04. The number of ether oxygens (including phenoxy) is 1. The molecule has 2 N–H and O–H groups in total. The molecule has 22 heavy (non-hydrogen) atoms. The SMILES string of the molecule is CC(=O)Nc1ccc(Oc2ccc3c(c2)NC(=O)CC3)nc1. The van der Waals surface area contributed by atoms with E-state index in [1.165, 1.54) is 13.1 Å². The van der Waals surface area contributed by atoms with E-state index in [1.807, 2.05) is 12.1 Å². The molecule has 6 nitrogen and oxygen atoms in total. The van der Waals surface area contributed by atoms with Crippen molar-refractivity contribution in [2.24, 2.45) is 0 Å². The van der Waals surface area contributed by atoms with E-state index in [0.29, 0.717) is 23.7 Å². The van der Waals surface area contributed by atoms with Crippen molar-refractivity contribution < 1.29 is 14.3 Å². The summed E-state index contributed by atoms with van der Waals surface area (Å²) in [5.41, 5.74) is 2.49. The van der Waals surface area contributed by atoms with Crippen molar-refractivity contribution in [2.75, 3.05) is 10.6 Å². The van der Waals surface area contributed by atoms with Gasteiger partial charge in [-0.2, -0.15) is 0 Å². The van der Waals surface area contributed by atoms with Gasteiger partial charge in [-0.15, -0.1) is 0 Å². The second kappa shape index (κ2) is 5.85. The van der Waals surface area contributed by atoms with Crippen LogP contribution in [0.15, 0.2) is 36.5 Å². The summed E-state index contributed by atoms with van der Waals surface area (Å²) in [5, 5.41) is 5.47. The number of anilines is 2. The van der Waals surface area contributed by atoms with E-state index in [9.17, 15) is 9.59 Å². The van der Waals surface area contributed by atoms with Crippen molar-refractivity contribution in [3.8, 4) is 11.6 Å². The Morgan fingerprint density at radius 3 is 2.86 bits per heavy atom. The number of rotatable bonds is 3. The van der Waals surface area contributed by atoms with Crippen LogP contribution in [0.3, 0.4) is 0 Å². The Bertz CT molecular complexity index is 726. The number of benzene rings is 1. The molecule has 1 aliphatic rings. The van der Waals surface area contributed by atoms with Crippen LogP contribution >= 0.6 is 0 Å². The fourth-order valence-corrected chi connectivity index (χ4v) is 2.25. The zero-order valence-electron chi connectivity index (χ0n) is 12.1. The van der Waals surface area contributed by atoms with E-state index >= 15 is 0 Å². The number of hydrogen-bond acceptors (Lipinski definition) is 4. The molecule has 1 aromatic carbocycles. The van der Waals surface area contributed by atoms with Crippen LogP contribution < -0.4 is 15.4 Å². The number of aryl methyl sites for hydroxylation is 1. The molecule has 0 saturated heterocycles. The summed E-state index contributed by atoms with van der Waals surface area (Å²) in [5.74, 6) is 0.875. The first kappa shape index (κ1) is 14.1. The maximum Gasteiger partial charge on any atom is 0.224 e. The summed E-state index contributed by atoms with van der Waals surface area (Å²) < 4.78 is 5.66. The number of amides is 2. The van der Waals surface area contributed by atoms with Crippen molar-refractivity contribution >= 4 is 23.2 Å². The maximum atomic E-state index is 11.4. The molecule has 2 amide bonds. The number of nitrogens with one attached hydrogen (secondary N) is 2. The monoisotopic (exact) mass is 297 g/mol. The molecule has 0 radical (unpaired) electrons. The molecule has 1 aromatic heterocycles. The largest absolute Gasteiger partial charge is 0.439 e. The van der Waals surface area contributed by atoms with Crippen molar-refractivity contribution in [3.05, 3.63) is 42.1 Å². The van der Waals surface area contributed by atoms with E-state index in [-0.39, 0.29) is 11.8 Å². The van der Waals surface area contributed by atoms with E-state index < -0.39 is 0 Å². The summed E-state index contributed by atoms with van der Waals surface area (Å²) in [6.45, 7) is 1.44. The van der Waals surface area contributed by atoms with Gasteiger partial charge in [0.05, 0.1) is 11.9 Å². The van der Waals surface area contributed by atoms with Gasteiger partial charge in [-0.05, 0) is 24.1 Å².